The Balaban J connectivity index is 2.48. The Morgan fingerprint density at radius 1 is 1.41 bits per heavy atom. The Kier molecular flexibility index (Phi) is 6.41. The summed E-state index contributed by atoms with van der Waals surface area (Å²) in [6, 6.07) is -0.139. The summed E-state index contributed by atoms with van der Waals surface area (Å²) in [6.07, 6.45) is 1.43. The normalized spacial score (nSPS) is 13.0. The molecule has 1 heterocycles. The summed E-state index contributed by atoms with van der Waals surface area (Å²) in [5.74, 6) is 0. The molecular formula is C16H30N4O2. The number of amides is 2. The van der Waals surface area contributed by atoms with Crippen LogP contribution >= 0.6 is 0 Å². The van der Waals surface area contributed by atoms with E-state index in [1.807, 2.05) is 46.3 Å². The maximum atomic E-state index is 12.0. The third-order valence-corrected chi connectivity index (χ3v) is 4.06. The Labute approximate surface area is 133 Å². The maximum Gasteiger partial charge on any atom is 0.315 e. The molecule has 0 radical (unpaired) electrons. The third kappa shape index (κ3) is 5.33. The molecule has 0 bridgehead atoms. The number of aryl methyl sites for hydroxylation is 2. The molecule has 1 atom stereocenters. The van der Waals surface area contributed by atoms with Crippen molar-refractivity contribution in [3.05, 3.63) is 17.0 Å². The van der Waals surface area contributed by atoms with Crippen molar-refractivity contribution in [3.8, 4) is 0 Å². The van der Waals surface area contributed by atoms with Crippen LogP contribution in [-0.2, 0) is 13.5 Å². The van der Waals surface area contributed by atoms with Crippen LogP contribution in [0.5, 0.6) is 0 Å². The molecule has 22 heavy (non-hydrogen) atoms. The topological polar surface area (TPSA) is 79.2 Å². The van der Waals surface area contributed by atoms with Crippen LogP contribution < -0.4 is 10.6 Å². The minimum atomic E-state index is -0.169. The number of hydrogen-bond donors (Lipinski definition) is 3. The number of carbonyl (C=O) groups excluding carboxylic acids is 1. The van der Waals surface area contributed by atoms with E-state index < -0.39 is 0 Å². The highest BCUT2D eigenvalue weighted by atomic mass is 16.3. The number of aromatic nitrogens is 2. The fourth-order valence-electron chi connectivity index (χ4n) is 2.46. The van der Waals surface area contributed by atoms with Crippen LogP contribution in [0.3, 0.4) is 0 Å². The van der Waals surface area contributed by atoms with E-state index in [0.717, 1.165) is 17.8 Å². The molecule has 1 unspecified atom stereocenters. The lowest BCUT2D eigenvalue weighted by atomic mass is 9.90. The van der Waals surface area contributed by atoms with Gasteiger partial charge in [0.1, 0.15) is 0 Å². The summed E-state index contributed by atoms with van der Waals surface area (Å²) in [5, 5.41) is 19.2. The largest absolute Gasteiger partial charge is 0.396 e. The van der Waals surface area contributed by atoms with Crippen LogP contribution in [0, 0.1) is 19.3 Å². The van der Waals surface area contributed by atoms with Gasteiger partial charge in [0, 0.05) is 31.9 Å². The van der Waals surface area contributed by atoms with Gasteiger partial charge in [0.2, 0.25) is 0 Å². The van der Waals surface area contributed by atoms with Crippen molar-refractivity contribution in [3.63, 3.8) is 0 Å². The highest BCUT2D eigenvalue weighted by Crippen LogP contribution is 2.18. The predicted octanol–water partition coefficient (Wildman–Crippen LogP) is 1.68. The second-order valence-electron chi connectivity index (χ2n) is 6.84. The summed E-state index contributed by atoms with van der Waals surface area (Å²) in [7, 11) is 1.93. The molecular weight excluding hydrogens is 280 g/mol. The van der Waals surface area contributed by atoms with Crippen LogP contribution in [0.15, 0.2) is 0 Å². The number of rotatable bonds is 7. The van der Waals surface area contributed by atoms with Crippen LogP contribution in [0.25, 0.3) is 0 Å². The molecule has 0 saturated heterocycles. The van der Waals surface area contributed by atoms with Gasteiger partial charge in [-0.15, -0.1) is 0 Å². The molecule has 6 nitrogen and oxygen atoms in total. The van der Waals surface area contributed by atoms with Crippen molar-refractivity contribution in [2.45, 2.75) is 53.5 Å². The summed E-state index contributed by atoms with van der Waals surface area (Å²) >= 11 is 0. The third-order valence-electron chi connectivity index (χ3n) is 4.06. The molecule has 0 spiro atoms. The van der Waals surface area contributed by atoms with E-state index >= 15 is 0 Å². The van der Waals surface area contributed by atoms with Crippen LogP contribution in [-0.4, -0.2) is 40.1 Å². The van der Waals surface area contributed by atoms with Crippen molar-refractivity contribution in [2.24, 2.45) is 12.5 Å². The number of aliphatic hydroxyl groups is 1. The zero-order valence-electron chi connectivity index (χ0n) is 14.7. The van der Waals surface area contributed by atoms with Crippen molar-refractivity contribution < 1.29 is 9.90 Å². The molecule has 2 amide bonds. The number of nitrogens with one attached hydrogen (secondary N) is 2. The summed E-state index contributed by atoms with van der Waals surface area (Å²) < 4.78 is 1.87. The Hall–Kier alpha value is -1.56. The zero-order chi connectivity index (χ0) is 16.9. The van der Waals surface area contributed by atoms with Gasteiger partial charge in [0.25, 0.3) is 0 Å². The first-order valence-corrected chi connectivity index (χ1v) is 7.80. The van der Waals surface area contributed by atoms with Crippen molar-refractivity contribution in [2.75, 3.05) is 13.2 Å². The van der Waals surface area contributed by atoms with E-state index in [9.17, 15) is 4.79 Å². The second-order valence-corrected chi connectivity index (χ2v) is 6.84. The van der Waals surface area contributed by atoms with Gasteiger partial charge in [0.15, 0.2) is 0 Å². The van der Waals surface area contributed by atoms with Gasteiger partial charge in [-0.05, 0) is 44.6 Å². The number of hydrogen-bond acceptors (Lipinski definition) is 3. The summed E-state index contributed by atoms with van der Waals surface area (Å²) in [6.45, 7) is 10.7. The van der Waals surface area contributed by atoms with Gasteiger partial charge in [-0.2, -0.15) is 5.10 Å². The quantitative estimate of drug-likeness (QED) is 0.717. The van der Waals surface area contributed by atoms with Crippen molar-refractivity contribution in [1.29, 1.82) is 0 Å². The van der Waals surface area contributed by atoms with E-state index in [2.05, 4.69) is 15.7 Å². The minimum Gasteiger partial charge on any atom is -0.396 e. The first-order valence-electron chi connectivity index (χ1n) is 7.80. The number of carbonyl (C=O) groups is 1. The molecule has 126 valence electrons. The second kappa shape index (κ2) is 7.63. The van der Waals surface area contributed by atoms with Gasteiger partial charge < -0.3 is 15.7 Å². The first kappa shape index (κ1) is 18.5. The maximum absolute atomic E-state index is 12.0. The van der Waals surface area contributed by atoms with E-state index in [4.69, 9.17) is 5.11 Å². The lowest BCUT2D eigenvalue weighted by Gasteiger charge is -2.24. The predicted molar refractivity (Wildman–Crippen MR) is 87.9 cm³/mol. The zero-order valence-corrected chi connectivity index (χ0v) is 14.7. The first-order chi connectivity index (χ1) is 10.2. The van der Waals surface area contributed by atoms with Gasteiger partial charge in [0.05, 0.1) is 5.69 Å². The molecule has 1 aromatic heterocycles. The van der Waals surface area contributed by atoms with E-state index in [-0.39, 0.29) is 24.1 Å². The Bertz CT molecular complexity index is 508. The molecule has 6 heteroatoms. The van der Waals surface area contributed by atoms with E-state index in [1.54, 1.807) is 0 Å². The Morgan fingerprint density at radius 3 is 2.55 bits per heavy atom. The lowest BCUT2D eigenvalue weighted by Crippen LogP contribution is -2.45. The molecule has 1 rings (SSSR count). The van der Waals surface area contributed by atoms with Gasteiger partial charge >= 0.3 is 6.03 Å². The number of nitrogens with zero attached hydrogens (tertiary/aromatic N) is 2. The fourth-order valence-corrected chi connectivity index (χ4v) is 2.46. The number of aliphatic hydroxyl groups excluding tert-OH is 1. The minimum absolute atomic E-state index is 0.0301. The number of urea groups is 1. The monoisotopic (exact) mass is 310 g/mol. The average Bonchev–Trinajstić information content (AvgIpc) is 2.63. The molecule has 0 aliphatic heterocycles. The Morgan fingerprint density at radius 2 is 2.05 bits per heavy atom. The van der Waals surface area contributed by atoms with Crippen LogP contribution in [0.4, 0.5) is 4.79 Å². The SMILES string of the molecule is Cc1nn(C)c(C)c1CC(C)NC(=O)NCC(C)(C)CCO. The molecule has 1 aromatic rings. The van der Waals surface area contributed by atoms with Gasteiger partial charge in [-0.25, -0.2) is 4.79 Å². The molecule has 0 fully saturated rings. The highest BCUT2D eigenvalue weighted by molar-refractivity contribution is 5.74. The highest BCUT2D eigenvalue weighted by Gasteiger charge is 2.19. The molecule has 3 N–H and O–H groups in total. The summed E-state index contributed by atoms with van der Waals surface area (Å²) in [5.41, 5.74) is 3.23. The van der Waals surface area contributed by atoms with E-state index in [1.165, 1.54) is 5.56 Å². The molecule has 0 aliphatic carbocycles. The smallest absolute Gasteiger partial charge is 0.315 e. The fraction of sp³-hybridized carbons (Fsp3) is 0.750. The average molecular weight is 310 g/mol. The lowest BCUT2D eigenvalue weighted by molar-refractivity contribution is 0.200. The summed E-state index contributed by atoms with van der Waals surface area (Å²) in [4.78, 5) is 12.0. The molecule has 0 saturated carbocycles. The standard InChI is InChI=1S/C16H30N4O2/c1-11(9-14-12(2)19-20(6)13(14)3)18-15(22)17-10-16(4,5)7-8-21/h11,21H,7-10H2,1-6H3,(H2,17,18,22). The van der Waals surface area contributed by atoms with Crippen molar-refractivity contribution >= 4 is 6.03 Å². The van der Waals surface area contributed by atoms with Crippen LogP contribution in [0.2, 0.25) is 0 Å². The van der Waals surface area contributed by atoms with Crippen LogP contribution in [0.1, 0.15) is 44.1 Å². The van der Waals surface area contributed by atoms with Crippen molar-refractivity contribution in [1.82, 2.24) is 20.4 Å². The molecule has 0 aromatic carbocycles. The van der Waals surface area contributed by atoms with Gasteiger partial charge in [-0.3, -0.25) is 4.68 Å². The van der Waals surface area contributed by atoms with Gasteiger partial charge in [-0.1, -0.05) is 13.8 Å². The van der Waals surface area contributed by atoms with E-state index in [0.29, 0.717) is 13.0 Å². The molecule has 0 aliphatic rings.